The lowest BCUT2D eigenvalue weighted by atomic mass is 9.63. The van der Waals surface area contributed by atoms with Crippen molar-refractivity contribution in [2.24, 2.45) is 11.7 Å². The van der Waals surface area contributed by atoms with Gasteiger partial charge < -0.3 is 15.4 Å². The Labute approximate surface area is 191 Å². The quantitative estimate of drug-likeness (QED) is 0.515. The van der Waals surface area contributed by atoms with E-state index in [4.69, 9.17) is 10.5 Å². The summed E-state index contributed by atoms with van der Waals surface area (Å²) in [5, 5.41) is 0. The highest BCUT2D eigenvalue weighted by Gasteiger charge is 2.48. The third-order valence-electron chi connectivity index (χ3n) is 6.63. The van der Waals surface area contributed by atoms with E-state index in [1.807, 2.05) is 78.9 Å². The van der Waals surface area contributed by atoms with Gasteiger partial charge in [0.05, 0.1) is 13.2 Å². The van der Waals surface area contributed by atoms with Crippen LogP contribution in [-0.2, 0) is 21.6 Å². The van der Waals surface area contributed by atoms with E-state index in [1.165, 1.54) is 5.56 Å². The molecular weight excluding hydrogens is 396 g/mol. The molecule has 1 heterocycles. The molecule has 2 N–H and O–H groups in total. The van der Waals surface area contributed by atoms with E-state index in [1.54, 1.807) is 0 Å². The maximum Gasteiger partial charge on any atom is 0.232 e. The summed E-state index contributed by atoms with van der Waals surface area (Å²) in [6.45, 7) is 3.98. The van der Waals surface area contributed by atoms with Crippen LogP contribution in [0.3, 0.4) is 0 Å². The van der Waals surface area contributed by atoms with Crippen LogP contribution < -0.4 is 5.73 Å². The van der Waals surface area contributed by atoms with Crippen molar-refractivity contribution < 1.29 is 9.53 Å². The first-order valence-corrected chi connectivity index (χ1v) is 11.5. The number of hydrogen-bond donors (Lipinski definition) is 1. The number of ether oxygens (including phenoxy) is 1. The summed E-state index contributed by atoms with van der Waals surface area (Å²) in [5.74, 6) is -0.172. The molecule has 4 rings (SSSR count). The van der Waals surface area contributed by atoms with Crippen LogP contribution in [0.5, 0.6) is 0 Å². The van der Waals surface area contributed by atoms with Gasteiger partial charge in [-0.1, -0.05) is 91.0 Å². The third-order valence-corrected chi connectivity index (χ3v) is 6.63. The number of piperidine rings is 1. The largest absolute Gasteiger partial charge is 0.375 e. The maximum absolute atomic E-state index is 13.2. The molecule has 0 radical (unpaired) electrons. The van der Waals surface area contributed by atoms with Crippen LogP contribution >= 0.6 is 0 Å². The van der Waals surface area contributed by atoms with Gasteiger partial charge >= 0.3 is 0 Å². The van der Waals surface area contributed by atoms with E-state index in [0.29, 0.717) is 13.2 Å². The van der Waals surface area contributed by atoms with Gasteiger partial charge in [0.25, 0.3) is 0 Å². The second-order valence-electron chi connectivity index (χ2n) is 8.58. The fourth-order valence-corrected chi connectivity index (χ4v) is 5.10. The topological polar surface area (TPSA) is 55.6 Å². The molecule has 32 heavy (non-hydrogen) atoms. The molecule has 4 heteroatoms. The highest BCUT2D eigenvalue weighted by molar-refractivity contribution is 5.91. The lowest BCUT2D eigenvalue weighted by Crippen LogP contribution is -2.54. The Morgan fingerprint density at radius 3 is 2.03 bits per heavy atom. The standard InChI is InChI=1S/C28H32N2O2/c29-27(31)28(24-13-6-2-7-14-24,25-15-8-3-9-16-25)26-17-10-18-30(21-26)19-20-32-22-23-11-4-1-5-12-23/h1-9,11-16,26H,10,17-22H2,(H2,29,31). The fourth-order valence-electron chi connectivity index (χ4n) is 5.10. The summed E-state index contributed by atoms with van der Waals surface area (Å²) in [4.78, 5) is 15.6. The molecule has 1 aliphatic heterocycles. The Balaban J connectivity index is 1.52. The summed E-state index contributed by atoms with van der Waals surface area (Å²) < 4.78 is 5.93. The van der Waals surface area contributed by atoms with Gasteiger partial charge in [-0.3, -0.25) is 4.79 Å². The van der Waals surface area contributed by atoms with Gasteiger partial charge in [-0.2, -0.15) is 0 Å². The van der Waals surface area contributed by atoms with Crippen molar-refractivity contribution in [2.45, 2.75) is 24.9 Å². The number of carbonyl (C=O) groups is 1. The summed E-state index contributed by atoms with van der Waals surface area (Å²) in [6, 6.07) is 30.4. The number of likely N-dealkylation sites (tertiary alicyclic amines) is 1. The number of nitrogens with zero attached hydrogens (tertiary/aromatic N) is 1. The zero-order valence-electron chi connectivity index (χ0n) is 18.5. The van der Waals surface area contributed by atoms with Crippen LogP contribution in [0.1, 0.15) is 29.5 Å². The van der Waals surface area contributed by atoms with Gasteiger partial charge in [0, 0.05) is 13.1 Å². The number of rotatable bonds is 9. The molecule has 0 aliphatic carbocycles. The highest BCUT2D eigenvalue weighted by atomic mass is 16.5. The smallest absolute Gasteiger partial charge is 0.232 e. The van der Waals surface area contributed by atoms with E-state index >= 15 is 0 Å². The molecule has 1 atom stereocenters. The van der Waals surface area contributed by atoms with Crippen molar-refractivity contribution in [1.82, 2.24) is 4.90 Å². The van der Waals surface area contributed by atoms with Gasteiger partial charge in [0.15, 0.2) is 0 Å². The van der Waals surface area contributed by atoms with Crippen LogP contribution in [0.4, 0.5) is 0 Å². The third kappa shape index (κ3) is 4.77. The zero-order valence-corrected chi connectivity index (χ0v) is 18.5. The number of primary amides is 1. The Hall–Kier alpha value is -2.95. The van der Waals surface area contributed by atoms with Crippen LogP contribution in [0.2, 0.25) is 0 Å². The van der Waals surface area contributed by atoms with Crippen molar-refractivity contribution in [3.8, 4) is 0 Å². The molecule has 166 valence electrons. The molecular formula is C28H32N2O2. The van der Waals surface area contributed by atoms with Crippen molar-refractivity contribution >= 4 is 5.91 Å². The summed E-state index contributed by atoms with van der Waals surface area (Å²) >= 11 is 0. The molecule has 0 spiro atoms. The second-order valence-corrected chi connectivity index (χ2v) is 8.58. The molecule has 3 aromatic carbocycles. The Morgan fingerprint density at radius 1 is 0.906 bits per heavy atom. The van der Waals surface area contributed by atoms with Crippen molar-refractivity contribution in [3.05, 3.63) is 108 Å². The maximum atomic E-state index is 13.2. The molecule has 1 aliphatic rings. The van der Waals surface area contributed by atoms with Gasteiger partial charge in [-0.05, 0) is 42.0 Å². The van der Waals surface area contributed by atoms with E-state index in [-0.39, 0.29) is 11.8 Å². The predicted octanol–water partition coefficient (Wildman–Crippen LogP) is 4.39. The van der Waals surface area contributed by atoms with Gasteiger partial charge in [-0.15, -0.1) is 0 Å². The molecule has 0 saturated carbocycles. The molecule has 1 unspecified atom stereocenters. The minimum absolute atomic E-state index is 0.104. The van der Waals surface area contributed by atoms with Crippen LogP contribution in [-0.4, -0.2) is 37.0 Å². The lowest BCUT2D eigenvalue weighted by molar-refractivity contribution is -0.124. The highest BCUT2D eigenvalue weighted by Crippen LogP contribution is 2.43. The van der Waals surface area contributed by atoms with Gasteiger partial charge in [-0.25, -0.2) is 0 Å². The summed E-state index contributed by atoms with van der Waals surface area (Å²) in [7, 11) is 0. The molecule has 0 bridgehead atoms. The number of benzene rings is 3. The molecule has 3 aromatic rings. The van der Waals surface area contributed by atoms with E-state index in [2.05, 4.69) is 17.0 Å². The Kier molecular flexibility index (Phi) is 7.35. The average Bonchev–Trinajstić information content (AvgIpc) is 2.84. The molecule has 0 aromatic heterocycles. The minimum Gasteiger partial charge on any atom is -0.375 e. The monoisotopic (exact) mass is 428 g/mol. The zero-order chi connectivity index (χ0) is 22.2. The second kappa shape index (κ2) is 10.6. The Morgan fingerprint density at radius 2 is 1.47 bits per heavy atom. The number of amides is 1. The van der Waals surface area contributed by atoms with Gasteiger partial charge in [0.1, 0.15) is 5.41 Å². The SMILES string of the molecule is NC(=O)C(c1ccccc1)(c1ccccc1)C1CCCN(CCOCc2ccccc2)C1. The number of carbonyl (C=O) groups excluding carboxylic acids is 1. The average molecular weight is 429 g/mol. The van der Waals surface area contributed by atoms with Crippen molar-refractivity contribution in [1.29, 1.82) is 0 Å². The molecule has 1 saturated heterocycles. The fraction of sp³-hybridized carbons (Fsp3) is 0.321. The summed E-state index contributed by atoms with van der Waals surface area (Å²) in [5.41, 5.74) is 8.52. The predicted molar refractivity (Wildman–Crippen MR) is 128 cm³/mol. The molecule has 4 nitrogen and oxygen atoms in total. The first kappa shape index (κ1) is 22.3. The first-order chi connectivity index (χ1) is 15.7. The number of nitrogens with two attached hydrogens (primary N) is 1. The van der Waals surface area contributed by atoms with Crippen molar-refractivity contribution in [3.63, 3.8) is 0 Å². The Bertz CT molecular complexity index is 937. The van der Waals surface area contributed by atoms with E-state index < -0.39 is 5.41 Å². The normalized spacial score (nSPS) is 17.2. The first-order valence-electron chi connectivity index (χ1n) is 11.5. The van der Waals surface area contributed by atoms with Crippen LogP contribution in [0, 0.1) is 5.92 Å². The van der Waals surface area contributed by atoms with Crippen molar-refractivity contribution in [2.75, 3.05) is 26.2 Å². The van der Waals surface area contributed by atoms with Crippen LogP contribution in [0.25, 0.3) is 0 Å². The minimum atomic E-state index is -0.841. The van der Waals surface area contributed by atoms with Crippen LogP contribution in [0.15, 0.2) is 91.0 Å². The van der Waals surface area contributed by atoms with E-state index in [9.17, 15) is 4.79 Å². The number of hydrogen-bond acceptors (Lipinski definition) is 3. The van der Waals surface area contributed by atoms with Gasteiger partial charge in [0.2, 0.25) is 5.91 Å². The molecule has 1 amide bonds. The lowest BCUT2D eigenvalue weighted by Gasteiger charge is -2.44. The van der Waals surface area contributed by atoms with E-state index in [0.717, 1.165) is 43.6 Å². The molecule has 1 fully saturated rings. The summed E-state index contributed by atoms with van der Waals surface area (Å²) in [6.07, 6.45) is 2.01.